The second kappa shape index (κ2) is 10.3. The van der Waals surface area contributed by atoms with Gasteiger partial charge < -0.3 is 14.9 Å². The lowest BCUT2D eigenvalue weighted by atomic mass is 10.3. The number of aliphatic hydroxyl groups excluding tert-OH is 2. The summed E-state index contributed by atoms with van der Waals surface area (Å²) in [5, 5.41) is 17.8. The summed E-state index contributed by atoms with van der Waals surface area (Å²) >= 11 is 1.55. The highest BCUT2D eigenvalue weighted by atomic mass is 32.2. The summed E-state index contributed by atoms with van der Waals surface area (Å²) in [6.45, 7) is 3.43. The van der Waals surface area contributed by atoms with E-state index in [4.69, 9.17) is 9.84 Å². The van der Waals surface area contributed by atoms with Gasteiger partial charge in [-0.3, -0.25) is 0 Å². The summed E-state index contributed by atoms with van der Waals surface area (Å²) in [7, 11) is 0. The van der Waals surface area contributed by atoms with Crippen molar-refractivity contribution in [2.45, 2.75) is 25.9 Å². The SMILES string of the molecule is CCCCOCC(O)CSCCO. The molecular weight excluding hydrogens is 188 g/mol. The highest BCUT2D eigenvalue weighted by Gasteiger charge is 2.03. The van der Waals surface area contributed by atoms with Crippen LogP contribution in [0.25, 0.3) is 0 Å². The Morgan fingerprint density at radius 1 is 1.46 bits per heavy atom. The lowest BCUT2D eigenvalue weighted by Gasteiger charge is -2.09. The van der Waals surface area contributed by atoms with Crippen molar-refractivity contribution < 1.29 is 14.9 Å². The average Bonchev–Trinajstić information content (AvgIpc) is 2.13. The van der Waals surface area contributed by atoms with Crippen molar-refractivity contribution >= 4 is 11.8 Å². The van der Waals surface area contributed by atoms with Crippen molar-refractivity contribution in [2.24, 2.45) is 0 Å². The summed E-state index contributed by atoms with van der Waals surface area (Å²) in [5.74, 6) is 1.33. The first-order chi connectivity index (χ1) is 6.31. The third kappa shape index (κ3) is 10.1. The fourth-order valence-electron chi connectivity index (χ4n) is 0.798. The van der Waals surface area contributed by atoms with Crippen LogP contribution in [0.2, 0.25) is 0 Å². The molecule has 2 N–H and O–H groups in total. The molecule has 3 nitrogen and oxygen atoms in total. The first-order valence-electron chi connectivity index (χ1n) is 4.75. The van der Waals surface area contributed by atoms with Gasteiger partial charge in [0.1, 0.15) is 0 Å². The molecule has 0 spiro atoms. The number of hydrogen-bond donors (Lipinski definition) is 2. The standard InChI is InChI=1S/C9H20O3S/c1-2-3-5-12-7-9(11)8-13-6-4-10/h9-11H,2-8H2,1H3. The van der Waals surface area contributed by atoms with E-state index >= 15 is 0 Å². The van der Waals surface area contributed by atoms with Gasteiger partial charge in [0.2, 0.25) is 0 Å². The van der Waals surface area contributed by atoms with Crippen LogP contribution in [-0.2, 0) is 4.74 Å². The zero-order chi connectivity index (χ0) is 9.94. The van der Waals surface area contributed by atoms with Crippen LogP contribution in [0.3, 0.4) is 0 Å². The summed E-state index contributed by atoms with van der Waals surface area (Å²) in [6, 6.07) is 0. The quantitative estimate of drug-likeness (QED) is 0.553. The van der Waals surface area contributed by atoms with Crippen LogP contribution in [0.4, 0.5) is 0 Å². The fourth-order valence-corrected chi connectivity index (χ4v) is 1.46. The predicted molar refractivity (Wildman–Crippen MR) is 56.1 cm³/mol. The molecule has 0 aromatic carbocycles. The van der Waals surface area contributed by atoms with Crippen LogP contribution in [-0.4, -0.2) is 47.6 Å². The third-order valence-corrected chi connectivity index (χ3v) is 2.59. The Morgan fingerprint density at radius 2 is 2.23 bits per heavy atom. The number of rotatable bonds is 9. The van der Waals surface area contributed by atoms with Gasteiger partial charge >= 0.3 is 0 Å². The molecule has 0 saturated heterocycles. The van der Waals surface area contributed by atoms with Gasteiger partial charge in [-0.1, -0.05) is 13.3 Å². The molecule has 0 aromatic heterocycles. The first-order valence-corrected chi connectivity index (χ1v) is 5.91. The number of hydrogen-bond acceptors (Lipinski definition) is 4. The minimum Gasteiger partial charge on any atom is -0.396 e. The van der Waals surface area contributed by atoms with Gasteiger partial charge in [0.05, 0.1) is 19.3 Å². The van der Waals surface area contributed by atoms with Crippen molar-refractivity contribution in [2.75, 3.05) is 31.3 Å². The van der Waals surface area contributed by atoms with Gasteiger partial charge in [-0.15, -0.1) is 0 Å². The molecule has 0 aromatic rings. The van der Waals surface area contributed by atoms with Gasteiger partial charge in [-0.05, 0) is 6.42 Å². The molecule has 0 aliphatic carbocycles. The Labute approximate surface area is 84.5 Å². The minimum absolute atomic E-state index is 0.175. The van der Waals surface area contributed by atoms with Gasteiger partial charge in [0.15, 0.2) is 0 Å². The van der Waals surface area contributed by atoms with Crippen LogP contribution in [0, 0.1) is 0 Å². The highest BCUT2D eigenvalue weighted by Crippen LogP contribution is 2.02. The van der Waals surface area contributed by atoms with Crippen molar-refractivity contribution in [3.8, 4) is 0 Å². The predicted octanol–water partition coefficient (Wildman–Crippen LogP) is 0.889. The number of ether oxygens (including phenoxy) is 1. The second-order valence-electron chi connectivity index (χ2n) is 2.88. The Bertz CT molecular complexity index is 101. The maximum absolute atomic E-state index is 9.35. The van der Waals surface area contributed by atoms with Gasteiger partial charge in [0.25, 0.3) is 0 Å². The van der Waals surface area contributed by atoms with Crippen LogP contribution in [0.1, 0.15) is 19.8 Å². The molecular formula is C9H20O3S. The molecule has 0 amide bonds. The lowest BCUT2D eigenvalue weighted by Crippen LogP contribution is -2.18. The highest BCUT2D eigenvalue weighted by molar-refractivity contribution is 7.99. The number of unbranched alkanes of at least 4 members (excludes halogenated alkanes) is 1. The largest absolute Gasteiger partial charge is 0.396 e. The molecule has 1 atom stereocenters. The van der Waals surface area contributed by atoms with Crippen molar-refractivity contribution in [1.29, 1.82) is 0 Å². The molecule has 0 fully saturated rings. The van der Waals surface area contributed by atoms with Crippen molar-refractivity contribution in [1.82, 2.24) is 0 Å². The molecule has 0 aliphatic heterocycles. The van der Waals surface area contributed by atoms with E-state index < -0.39 is 6.10 Å². The van der Waals surface area contributed by atoms with Crippen LogP contribution in [0.5, 0.6) is 0 Å². The van der Waals surface area contributed by atoms with Crippen LogP contribution >= 0.6 is 11.8 Å². The van der Waals surface area contributed by atoms with Crippen LogP contribution < -0.4 is 0 Å². The summed E-state index contributed by atoms with van der Waals surface area (Å²) in [5.41, 5.74) is 0. The maximum Gasteiger partial charge on any atom is 0.0863 e. The summed E-state index contributed by atoms with van der Waals surface area (Å²) < 4.78 is 5.24. The Balaban J connectivity index is 3.05. The molecule has 1 unspecified atom stereocenters. The maximum atomic E-state index is 9.35. The van der Waals surface area contributed by atoms with Gasteiger partial charge in [0, 0.05) is 18.1 Å². The molecule has 0 heterocycles. The van der Waals surface area contributed by atoms with Gasteiger partial charge in [-0.2, -0.15) is 11.8 Å². The topological polar surface area (TPSA) is 49.7 Å². The fraction of sp³-hybridized carbons (Fsp3) is 1.00. The van der Waals surface area contributed by atoms with E-state index in [0.717, 1.165) is 19.4 Å². The molecule has 4 heteroatoms. The smallest absolute Gasteiger partial charge is 0.0863 e. The van der Waals surface area contributed by atoms with Crippen LogP contribution in [0.15, 0.2) is 0 Å². The van der Waals surface area contributed by atoms with E-state index in [0.29, 0.717) is 18.1 Å². The normalized spacial score (nSPS) is 13.2. The Kier molecular flexibility index (Phi) is 10.5. The third-order valence-electron chi connectivity index (χ3n) is 1.50. The van der Waals surface area contributed by atoms with Crippen molar-refractivity contribution in [3.63, 3.8) is 0 Å². The Morgan fingerprint density at radius 3 is 2.85 bits per heavy atom. The number of thioether (sulfide) groups is 1. The van der Waals surface area contributed by atoms with Crippen molar-refractivity contribution in [3.05, 3.63) is 0 Å². The van der Waals surface area contributed by atoms with Gasteiger partial charge in [-0.25, -0.2) is 0 Å². The molecule has 0 radical (unpaired) electrons. The monoisotopic (exact) mass is 208 g/mol. The second-order valence-corrected chi connectivity index (χ2v) is 4.03. The molecule has 0 rings (SSSR count). The Hall–Kier alpha value is 0.230. The molecule has 13 heavy (non-hydrogen) atoms. The average molecular weight is 208 g/mol. The molecule has 80 valence electrons. The molecule has 0 aliphatic rings. The molecule has 0 saturated carbocycles. The van der Waals surface area contributed by atoms with E-state index in [1.54, 1.807) is 11.8 Å². The summed E-state index contributed by atoms with van der Waals surface area (Å²) in [6.07, 6.45) is 1.78. The van der Waals surface area contributed by atoms with E-state index in [-0.39, 0.29) is 6.61 Å². The van der Waals surface area contributed by atoms with E-state index in [2.05, 4.69) is 6.92 Å². The minimum atomic E-state index is -0.395. The summed E-state index contributed by atoms with van der Waals surface area (Å²) in [4.78, 5) is 0. The first kappa shape index (κ1) is 13.2. The van der Waals surface area contributed by atoms with E-state index in [1.165, 1.54) is 0 Å². The lowest BCUT2D eigenvalue weighted by molar-refractivity contribution is 0.0473. The van der Waals surface area contributed by atoms with E-state index in [9.17, 15) is 5.11 Å². The zero-order valence-electron chi connectivity index (χ0n) is 8.24. The number of aliphatic hydroxyl groups is 2. The molecule has 0 bridgehead atoms. The zero-order valence-corrected chi connectivity index (χ0v) is 9.05. The van der Waals surface area contributed by atoms with E-state index in [1.807, 2.05) is 0 Å².